The summed E-state index contributed by atoms with van der Waals surface area (Å²) in [4.78, 5) is 29.7. The number of H-pyrrole nitrogens is 1. The van der Waals surface area contributed by atoms with Crippen LogP contribution >= 0.6 is 24.0 Å². The lowest BCUT2D eigenvalue weighted by atomic mass is 10.1. The Morgan fingerprint density at radius 3 is 3.03 bits per heavy atom. The Bertz CT molecular complexity index is 1140. The topological polar surface area (TPSA) is 78.3 Å². The molecule has 2 amide bonds. The van der Waals surface area contributed by atoms with Crippen LogP contribution in [-0.2, 0) is 16.0 Å². The number of hydrogen-bond acceptors (Lipinski definition) is 5. The van der Waals surface area contributed by atoms with Gasteiger partial charge in [-0.15, -0.1) is 0 Å². The van der Waals surface area contributed by atoms with E-state index in [9.17, 15) is 14.0 Å². The number of nitrogens with zero attached hydrogens (tertiary/aromatic N) is 1. The number of thioether (sulfide) groups is 1. The number of hydrogen-bond donors (Lipinski definition) is 2. The quantitative estimate of drug-likeness (QED) is 0.428. The zero-order chi connectivity index (χ0) is 21.1. The van der Waals surface area contributed by atoms with Gasteiger partial charge in [-0.2, -0.15) is 0 Å². The number of aromatic nitrogens is 1. The van der Waals surface area contributed by atoms with Crippen LogP contribution in [0.15, 0.2) is 52.1 Å². The van der Waals surface area contributed by atoms with Crippen LogP contribution in [0.3, 0.4) is 0 Å². The number of aromatic amines is 1. The Labute approximate surface area is 181 Å². The van der Waals surface area contributed by atoms with Crippen molar-refractivity contribution in [3.8, 4) is 0 Å². The molecule has 2 N–H and O–H groups in total. The van der Waals surface area contributed by atoms with Crippen LogP contribution in [0.25, 0.3) is 17.0 Å². The predicted molar refractivity (Wildman–Crippen MR) is 118 cm³/mol. The Morgan fingerprint density at radius 1 is 1.37 bits per heavy atom. The number of rotatable bonds is 7. The van der Waals surface area contributed by atoms with Gasteiger partial charge in [0.05, 0.1) is 11.2 Å². The van der Waals surface area contributed by atoms with Crippen molar-refractivity contribution < 1.29 is 18.4 Å². The Kier molecular flexibility index (Phi) is 6.01. The van der Waals surface area contributed by atoms with E-state index in [4.69, 9.17) is 16.6 Å². The molecule has 6 nitrogen and oxygen atoms in total. The van der Waals surface area contributed by atoms with E-state index in [-0.39, 0.29) is 30.6 Å². The van der Waals surface area contributed by atoms with Gasteiger partial charge in [0.1, 0.15) is 15.9 Å². The predicted octanol–water partition coefficient (Wildman–Crippen LogP) is 3.85. The molecule has 3 heterocycles. The monoisotopic (exact) mass is 443 g/mol. The van der Waals surface area contributed by atoms with Gasteiger partial charge in [0.2, 0.25) is 5.91 Å². The zero-order valence-electron chi connectivity index (χ0n) is 15.8. The molecule has 1 aliphatic heterocycles. The summed E-state index contributed by atoms with van der Waals surface area (Å²) in [5, 5.41) is 3.65. The van der Waals surface area contributed by atoms with E-state index in [1.54, 1.807) is 24.3 Å². The molecule has 0 spiro atoms. The molecular formula is C21H18FN3O3S2. The maximum absolute atomic E-state index is 13.5. The average molecular weight is 444 g/mol. The van der Waals surface area contributed by atoms with Crippen LogP contribution in [0.4, 0.5) is 4.39 Å². The fourth-order valence-electron chi connectivity index (χ4n) is 3.19. The van der Waals surface area contributed by atoms with Crippen molar-refractivity contribution in [2.45, 2.75) is 12.8 Å². The van der Waals surface area contributed by atoms with Crippen LogP contribution < -0.4 is 5.32 Å². The normalized spacial score (nSPS) is 15.5. The van der Waals surface area contributed by atoms with Crippen molar-refractivity contribution in [2.24, 2.45) is 0 Å². The summed E-state index contributed by atoms with van der Waals surface area (Å²) in [7, 11) is 0. The minimum Gasteiger partial charge on any atom is -0.465 e. The highest BCUT2D eigenvalue weighted by Gasteiger charge is 2.32. The molecule has 1 saturated heterocycles. The Balaban J connectivity index is 1.27. The smallest absolute Gasteiger partial charge is 0.266 e. The van der Waals surface area contributed by atoms with Crippen molar-refractivity contribution in [1.29, 1.82) is 0 Å². The molecule has 1 aliphatic rings. The summed E-state index contributed by atoms with van der Waals surface area (Å²) in [5.74, 6) is -0.123. The van der Waals surface area contributed by atoms with Gasteiger partial charge in [0.15, 0.2) is 0 Å². The average Bonchev–Trinajstić information content (AvgIpc) is 3.42. The second kappa shape index (κ2) is 8.85. The van der Waals surface area contributed by atoms with E-state index in [2.05, 4.69) is 10.3 Å². The number of carbonyl (C=O) groups is 2. The number of fused-ring (bicyclic) bond motifs is 1. The number of furan rings is 1. The number of benzene rings is 1. The van der Waals surface area contributed by atoms with Crippen molar-refractivity contribution in [3.63, 3.8) is 0 Å². The molecule has 1 fully saturated rings. The number of amides is 2. The van der Waals surface area contributed by atoms with Gasteiger partial charge in [-0.3, -0.25) is 14.5 Å². The lowest BCUT2D eigenvalue weighted by molar-refractivity contribution is -0.123. The van der Waals surface area contributed by atoms with Gasteiger partial charge in [0.25, 0.3) is 5.91 Å². The van der Waals surface area contributed by atoms with Crippen LogP contribution in [0, 0.1) is 5.82 Å². The molecule has 30 heavy (non-hydrogen) atoms. The molecule has 0 saturated carbocycles. The van der Waals surface area contributed by atoms with Crippen LogP contribution in [-0.4, -0.2) is 39.1 Å². The molecule has 3 aromatic rings. The Morgan fingerprint density at radius 2 is 2.23 bits per heavy atom. The third kappa shape index (κ3) is 4.47. The molecule has 0 unspecified atom stereocenters. The van der Waals surface area contributed by atoms with E-state index >= 15 is 0 Å². The molecular weight excluding hydrogens is 425 g/mol. The SMILES string of the molecule is O=C(CCN1C(=O)/C(=C\c2ccco2)SC1=S)NCCc1c[nH]c2ccc(F)cc12. The summed E-state index contributed by atoms with van der Waals surface area (Å²) in [5.41, 5.74) is 1.79. The molecule has 9 heteroatoms. The van der Waals surface area contributed by atoms with Gasteiger partial charge in [-0.25, -0.2) is 4.39 Å². The second-order valence-electron chi connectivity index (χ2n) is 6.70. The number of carbonyl (C=O) groups excluding carboxylic acids is 2. The second-order valence-corrected chi connectivity index (χ2v) is 8.38. The lowest BCUT2D eigenvalue weighted by Crippen LogP contribution is -2.34. The first-order valence-corrected chi connectivity index (χ1v) is 10.5. The maximum atomic E-state index is 13.5. The van der Waals surface area contributed by atoms with Gasteiger partial charge >= 0.3 is 0 Å². The zero-order valence-corrected chi connectivity index (χ0v) is 17.4. The summed E-state index contributed by atoms with van der Waals surface area (Å²) in [6, 6.07) is 8.07. The fourth-order valence-corrected chi connectivity index (χ4v) is 4.48. The molecule has 0 bridgehead atoms. The minimum absolute atomic E-state index is 0.142. The number of thiocarbonyl (C=S) groups is 1. The van der Waals surface area contributed by atoms with Crippen molar-refractivity contribution in [2.75, 3.05) is 13.1 Å². The highest BCUT2D eigenvalue weighted by Crippen LogP contribution is 2.32. The molecule has 0 atom stereocenters. The van der Waals surface area contributed by atoms with E-state index in [1.807, 2.05) is 6.20 Å². The van der Waals surface area contributed by atoms with Gasteiger partial charge in [-0.05, 0) is 42.3 Å². The number of nitrogens with one attached hydrogen (secondary N) is 2. The van der Waals surface area contributed by atoms with Crippen molar-refractivity contribution >= 4 is 57.1 Å². The first-order valence-electron chi connectivity index (χ1n) is 9.32. The number of halogens is 1. The highest BCUT2D eigenvalue weighted by molar-refractivity contribution is 8.26. The molecule has 0 aliphatic carbocycles. The van der Waals surface area contributed by atoms with Crippen molar-refractivity contribution in [3.05, 3.63) is 64.8 Å². The third-order valence-corrected chi connectivity index (χ3v) is 6.08. The summed E-state index contributed by atoms with van der Waals surface area (Å²) in [6.45, 7) is 0.628. The third-order valence-electron chi connectivity index (χ3n) is 4.70. The van der Waals surface area contributed by atoms with E-state index in [0.29, 0.717) is 28.0 Å². The van der Waals surface area contributed by atoms with Crippen LogP contribution in [0.5, 0.6) is 0 Å². The van der Waals surface area contributed by atoms with Gasteiger partial charge < -0.3 is 14.7 Å². The van der Waals surface area contributed by atoms with E-state index in [0.717, 1.165) is 16.5 Å². The first kappa shape index (κ1) is 20.4. The maximum Gasteiger partial charge on any atom is 0.266 e. The summed E-state index contributed by atoms with van der Waals surface area (Å²) < 4.78 is 19.1. The summed E-state index contributed by atoms with van der Waals surface area (Å²) >= 11 is 6.46. The van der Waals surface area contributed by atoms with E-state index in [1.165, 1.54) is 35.1 Å². The molecule has 2 aromatic heterocycles. The minimum atomic E-state index is -0.294. The molecule has 4 rings (SSSR count). The first-order chi connectivity index (χ1) is 14.5. The van der Waals surface area contributed by atoms with Crippen molar-refractivity contribution in [1.82, 2.24) is 15.2 Å². The molecule has 0 radical (unpaired) electrons. The standard InChI is InChI=1S/C21H18FN3O3S2/c22-14-3-4-17-16(10-14)13(12-24-17)5-7-23-19(26)6-8-25-20(27)18(30-21(25)29)11-15-2-1-9-28-15/h1-4,9-12,24H,5-8H2,(H,23,26)/b18-11+. The fraction of sp³-hybridized carbons (Fsp3) is 0.190. The lowest BCUT2D eigenvalue weighted by Gasteiger charge is -2.14. The van der Waals surface area contributed by atoms with Crippen LogP contribution in [0.1, 0.15) is 17.7 Å². The van der Waals surface area contributed by atoms with Crippen LogP contribution in [0.2, 0.25) is 0 Å². The van der Waals surface area contributed by atoms with Gasteiger partial charge in [-0.1, -0.05) is 24.0 Å². The van der Waals surface area contributed by atoms with E-state index < -0.39 is 0 Å². The van der Waals surface area contributed by atoms with Gasteiger partial charge in [0, 0.05) is 42.7 Å². The Hall–Kier alpha value is -2.91. The highest BCUT2D eigenvalue weighted by atomic mass is 32.2. The summed E-state index contributed by atoms with van der Waals surface area (Å²) in [6.07, 6.45) is 5.71. The molecule has 1 aromatic carbocycles. The molecule has 154 valence electrons. The largest absolute Gasteiger partial charge is 0.465 e.